The molecule has 0 saturated carbocycles. The molecule has 0 atom stereocenters. The standard InChI is InChI=1S/C15H16Cl2N2O3/c1-2-21-14(20)9-3-5-19(6-4-9)15-18-12-7-10(16)11(17)8-13(12)22-15/h7-9H,2-6H2,1H3. The van der Waals surface area contributed by atoms with E-state index in [1.54, 1.807) is 12.1 Å². The minimum atomic E-state index is -0.113. The van der Waals surface area contributed by atoms with Gasteiger partial charge in [0, 0.05) is 19.2 Å². The van der Waals surface area contributed by atoms with E-state index in [0.29, 0.717) is 46.9 Å². The predicted molar refractivity (Wildman–Crippen MR) is 85.6 cm³/mol. The summed E-state index contributed by atoms with van der Waals surface area (Å²) >= 11 is 12.0. The average Bonchev–Trinajstić information content (AvgIpc) is 2.91. The number of ether oxygens (including phenoxy) is 1. The van der Waals surface area contributed by atoms with Gasteiger partial charge in [-0.15, -0.1) is 0 Å². The van der Waals surface area contributed by atoms with Crippen LogP contribution in [0.2, 0.25) is 10.0 Å². The fourth-order valence-electron chi connectivity index (χ4n) is 2.61. The van der Waals surface area contributed by atoms with Crippen LogP contribution in [0.25, 0.3) is 11.1 Å². The van der Waals surface area contributed by atoms with Crippen LogP contribution in [0.15, 0.2) is 16.5 Å². The lowest BCUT2D eigenvalue weighted by Gasteiger charge is -2.29. The Labute approximate surface area is 138 Å². The van der Waals surface area contributed by atoms with E-state index in [1.807, 2.05) is 11.8 Å². The molecule has 1 aliphatic heterocycles. The van der Waals surface area contributed by atoms with E-state index in [0.717, 1.165) is 12.8 Å². The molecule has 0 bridgehead atoms. The van der Waals surface area contributed by atoms with E-state index in [9.17, 15) is 4.79 Å². The molecule has 2 heterocycles. The van der Waals surface area contributed by atoms with E-state index in [1.165, 1.54) is 0 Å². The van der Waals surface area contributed by atoms with Gasteiger partial charge >= 0.3 is 5.97 Å². The first-order chi connectivity index (χ1) is 10.6. The number of nitrogens with zero attached hydrogens (tertiary/aromatic N) is 2. The number of halogens is 2. The number of rotatable bonds is 3. The van der Waals surface area contributed by atoms with Crippen LogP contribution in [0.3, 0.4) is 0 Å². The first kappa shape index (κ1) is 15.4. The number of carbonyl (C=O) groups excluding carboxylic acids is 1. The van der Waals surface area contributed by atoms with Crippen molar-refractivity contribution in [2.45, 2.75) is 19.8 Å². The number of benzene rings is 1. The van der Waals surface area contributed by atoms with Gasteiger partial charge in [-0.25, -0.2) is 0 Å². The predicted octanol–water partition coefficient (Wildman–Crippen LogP) is 3.91. The Morgan fingerprint density at radius 2 is 2.05 bits per heavy atom. The lowest BCUT2D eigenvalue weighted by molar-refractivity contribution is -0.148. The number of hydrogen-bond acceptors (Lipinski definition) is 5. The summed E-state index contributed by atoms with van der Waals surface area (Å²) in [5.74, 6) is -0.150. The molecule has 1 aromatic carbocycles. The van der Waals surface area contributed by atoms with Gasteiger partial charge in [-0.05, 0) is 25.8 Å². The van der Waals surface area contributed by atoms with Crippen molar-refractivity contribution in [2.75, 3.05) is 24.6 Å². The van der Waals surface area contributed by atoms with Crippen LogP contribution in [0, 0.1) is 5.92 Å². The molecule has 3 rings (SSSR count). The fraction of sp³-hybridized carbons (Fsp3) is 0.467. The summed E-state index contributed by atoms with van der Waals surface area (Å²) in [6.45, 7) is 3.66. The Morgan fingerprint density at radius 3 is 2.73 bits per heavy atom. The van der Waals surface area contributed by atoms with Crippen molar-refractivity contribution in [2.24, 2.45) is 5.92 Å². The van der Waals surface area contributed by atoms with Gasteiger partial charge in [-0.1, -0.05) is 23.2 Å². The number of hydrogen-bond donors (Lipinski definition) is 0. The van der Waals surface area contributed by atoms with Gasteiger partial charge in [0.1, 0.15) is 5.52 Å². The lowest BCUT2D eigenvalue weighted by Crippen LogP contribution is -2.37. The van der Waals surface area contributed by atoms with E-state index in [2.05, 4.69) is 4.98 Å². The van der Waals surface area contributed by atoms with Crippen LogP contribution in [-0.2, 0) is 9.53 Å². The van der Waals surface area contributed by atoms with Gasteiger partial charge in [0.15, 0.2) is 5.58 Å². The molecule has 0 spiro atoms. The van der Waals surface area contributed by atoms with Crippen LogP contribution < -0.4 is 4.90 Å². The topological polar surface area (TPSA) is 55.6 Å². The van der Waals surface area contributed by atoms with Crippen molar-refractivity contribution < 1.29 is 13.9 Å². The summed E-state index contributed by atoms with van der Waals surface area (Å²) in [4.78, 5) is 18.2. The van der Waals surface area contributed by atoms with Gasteiger partial charge in [0.25, 0.3) is 6.01 Å². The molecule has 0 aliphatic carbocycles. The number of anilines is 1. The highest BCUT2D eigenvalue weighted by Crippen LogP contribution is 2.31. The van der Waals surface area contributed by atoms with Crippen molar-refractivity contribution in [1.82, 2.24) is 4.98 Å². The van der Waals surface area contributed by atoms with Crippen LogP contribution in [0.4, 0.5) is 6.01 Å². The highest BCUT2D eigenvalue weighted by molar-refractivity contribution is 6.42. The van der Waals surface area contributed by atoms with E-state index in [-0.39, 0.29) is 11.9 Å². The minimum absolute atomic E-state index is 0.0375. The maximum Gasteiger partial charge on any atom is 0.309 e. The molecular weight excluding hydrogens is 327 g/mol. The Balaban J connectivity index is 1.72. The zero-order valence-corrected chi connectivity index (χ0v) is 13.7. The second kappa shape index (κ2) is 6.34. The number of oxazole rings is 1. The third kappa shape index (κ3) is 3.01. The van der Waals surface area contributed by atoms with Gasteiger partial charge in [-0.3, -0.25) is 4.79 Å². The largest absolute Gasteiger partial charge is 0.466 e. The molecular formula is C15H16Cl2N2O3. The summed E-state index contributed by atoms with van der Waals surface area (Å²) < 4.78 is 10.8. The van der Waals surface area contributed by atoms with Crippen molar-refractivity contribution in [3.8, 4) is 0 Å². The molecule has 1 fully saturated rings. The van der Waals surface area contributed by atoms with E-state index < -0.39 is 0 Å². The molecule has 22 heavy (non-hydrogen) atoms. The van der Waals surface area contributed by atoms with Crippen molar-refractivity contribution in [3.05, 3.63) is 22.2 Å². The third-order valence-electron chi connectivity index (χ3n) is 3.80. The van der Waals surface area contributed by atoms with Crippen LogP contribution >= 0.6 is 23.2 Å². The number of carbonyl (C=O) groups is 1. The summed E-state index contributed by atoms with van der Waals surface area (Å²) in [7, 11) is 0. The third-order valence-corrected chi connectivity index (χ3v) is 4.53. The maximum absolute atomic E-state index is 11.7. The molecule has 1 aromatic heterocycles. The van der Waals surface area contributed by atoms with Gasteiger partial charge in [-0.2, -0.15) is 4.98 Å². The molecule has 0 radical (unpaired) electrons. The van der Waals surface area contributed by atoms with Crippen molar-refractivity contribution >= 4 is 46.3 Å². The normalized spacial score (nSPS) is 16.2. The minimum Gasteiger partial charge on any atom is -0.466 e. The molecule has 0 N–H and O–H groups in total. The van der Waals surface area contributed by atoms with Crippen molar-refractivity contribution in [1.29, 1.82) is 0 Å². The van der Waals surface area contributed by atoms with Crippen LogP contribution in [-0.4, -0.2) is 30.6 Å². The number of fused-ring (bicyclic) bond motifs is 1. The number of piperidine rings is 1. The first-order valence-corrected chi connectivity index (χ1v) is 8.01. The average molecular weight is 343 g/mol. The zero-order valence-electron chi connectivity index (χ0n) is 12.1. The SMILES string of the molecule is CCOC(=O)C1CCN(c2nc3cc(Cl)c(Cl)cc3o2)CC1. The maximum atomic E-state index is 11.7. The molecule has 1 saturated heterocycles. The lowest BCUT2D eigenvalue weighted by atomic mass is 9.97. The highest BCUT2D eigenvalue weighted by Gasteiger charge is 2.28. The number of aromatic nitrogens is 1. The summed E-state index contributed by atoms with van der Waals surface area (Å²) in [5, 5.41) is 0.896. The summed E-state index contributed by atoms with van der Waals surface area (Å²) in [6.07, 6.45) is 1.47. The monoisotopic (exact) mass is 342 g/mol. The smallest absolute Gasteiger partial charge is 0.309 e. The molecule has 7 heteroatoms. The Morgan fingerprint density at radius 1 is 1.36 bits per heavy atom. The number of esters is 1. The van der Waals surface area contributed by atoms with E-state index in [4.69, 9.17) is 32.4 Å². The fourth-order valence-corrected chi connectivity index (χ4v) is 2.92. The van der Waals surface area contributed by atoms with Crippen molar-refractivity contribution in [3.63, 3.8) is 0 Å². The van der Waals surface area contributed by atoms with Crippen LogP contribution in [0.1, 0.15) is 19.8 Å². The second-order valence-corrected chi connectivity index (χ2v) is 6.06. The molecule has 5 nitrogen and oxygen atoms in total. The molecule has 1 aliphatic rings. The Hall–Kier alpha value is -1.46. The molecule has 0 amide bonds. The van der Waals surface area contributed by atoms with Crippen LogP contribution in [0.5, 0.6) is 0 Å². The first-order valence-electron chi connectivity index (χ1n) is 7.25. The van der Waals surface area contributed by atoms with Gasteiger partial charge < -0.3 is 14.1 Å². The van der Waals surface area contributed by atoms with Gasteiger partial charge in [0.2, 0.25) is 0 Å². The van der Waals surface area contributed by atoms with E-state index >= 15 is 0 Å². The quantitative estimate of drug-likeness (QED) is 0.791. The molecule has 0 unspecified atom stereocenters. The highest BCUT2D eigenvalue weighted by atomic mass is 35.5. The zero-order chi connectivity index (χ0) is 15.7. The molecule has 2 aromatic rings. The molecule has 118 valence electrons. The second-order valence-electron chi connectivity index (χ2n) is 5.24. The Bertz CT molecular complexity index is 654. The van der Waals surface area contributed by atoms with Gasteiger partial charge in [0.05, 0.1) is 22.6 Å². The Kier molecular flexibility index (Phi) is 4.45. The summed E-state index contributed by atoms with van der Waals surface area (Å²) in [6, 6.07) is 3.90. The summed E-state index contributed by atoms with van der Waals surface area (Å²) in [5.41, 5.74) is 1.29.